The van der Waals surface area contributed by atoms with Gasteiger partial charge in [-0.1, -0.05) is 33.8 Å². The van der Waals surface area contributed by atoms with Crippen LogP contribution < -0.4 is 5.32 Å². The van der Waals surface area contributed by atoms with Crippen LogP contribution in [-0.2, 0) is 14.4 Å². The first-order valence-corrected chi connectivity index (χ1v) is 11.8. The van der Waals surface area contributed by atoms with Gasteiger partial charge in [0, 0.05) is 29.2 Å². The predicted molar refractivity (Wildman–Crippen MR) is 113 cm³/mol. The zero-order valence-electron chi connectivity index (χ0n) is 19.3. The molecule has 3 aliphatic carbocycles. The fourth-order valence-electron chi connectivity index (χ4n) is 7.89. The van der Waals surface area contributed by atoms with E-state index < -0.39 is 17.4 Å². The Hall–Kier alpha value is -1.66. The third kappa shape index (κ3) is 3.54. The van der Waals surface area contributed by atoms with Crippen molar-refractivity contribution >= 4 is 17.5 Å². The van der Waals surface area contributed by atoms with E-state index in [2.05, 4.69) is 25.2 Å². The monoisotopic (exact) mass is 453 g/mol. The molecule has 7 heteroatoms. The summed E-state index contributed by atoms with van der Waals surface area (Å²) in [5.41, 5.74) is -2.07. The van der Waals surface area contributed by atoms with Crippen molar-refractivity contribution in [2.24, 2.45) is 39.9 Å². The van der Waals surface area contributed by atoms with E-state index in [0.717, 1.165) is 32.1 Å². The summed E-state index contributed by atoms with van der Waals surface area (Å²) in [6.45, 7) is 6.85. The van der Waals surface area contributed by atoms with Crippen LogP contribution in [0.15, 0.2) is 12.2 Å². The molecule has 1 heterocycles. The average Bonchev–Trinajstić information content (AvgIpc) is 3.04. The van der Waals surface area contributed by atoms with Crippen LogP contribution in [-0.4, -0.2) is 29.7 Å². The zero-order valence-corrected chi connectivity index (χ0v) is 19.3. The highest BCUT2D eigenvalue weighted by atomic mass is 19.4. The molecule has 0 spiro atoms. The molecule has 7 atom stereocenters. The fourth-order valence-corrected chi connectivity index (χ4v) is 7.89. The van der Waals surface area contributed by atoms with Crippen LogP contribution in [0.5, 0.6) is 0 Å². The lowest BCUT2D eigenvalue weighted by molar-refractivity contribution is -0.181. The molecule has 0 aromatic heterocycles. The van der Waals surface area contributed by atoms with E-state index in [0.29, 0.717) is 24.2 Å². The Balaban J connectivity index is 1.53. The lowest BCUT2D eigenvalue weighted by Crippen LogP contribution is -2.59. The maximum Gasteiger partial charge on any atom is 0.450 e. The molecule has 1 aliphatic heterocycles. The lowest BCUT2D eigenvalue weighted by atomic mass is 9.47. The molecule has 0 unspecified atom stereocenters. The molecular weight excluding hydrogens is 419 g/mol. The Morgan fingerprint density at radius 3 is 2.41 bits per heavy atom. The molecule has 0 aromatic rings. The van der Waals surface area contributed by atoms with Gasteiger partial charge in [-0.25, -0.2) is 0 Å². The largest absolute Gasteiger partial charge is 0.450 e. The molecule has 1 amide bonds. The number of alkyl halides is 3. The topological polar surface area (TPSA) is 63.2 Å². The summed E-state index contributed by atoms with van der Waals surface area (Å²) in [6.07, 6.45) is 3.73. The number of hydrogen-bond donors (Lipinski definition) is 1. The summed E-state index contributed by atoms with van der Waals surface area (Å²) in [5.74, 6) is -1.12. The number of ketones is 2. The van der Waals surface area contributed by atoms with Crippen molar-refractivity contribution in [3.05, 3.63) is 12.2 Å². The number of carbonyl (C=O) groups excluding carboxylic acids is 3. The molecule has 3 fully saturated rings. The third-order valence-electron chi connectivity index (χ3n) is 9.56. The van der Waals surface area contributed by atoms with Crippen LogP contribution in [0.4, 0.5) is 13.2 Å². The van der Waals surface area contributed by atoms with Gasteiger partial charge in [0.15, 0.2) is 0 Å². The van der Waals surface area contributed by atoms with Crippen LogP contribution in [0.2, 0.25) is 0 Å². The summed E-state index contributed by atoms with van der Waals surface area (Å²) < 4.78 is 39.0. The van der Waals surface area contributed by atoms with Gasteiger partial charge in [0.1, 0.15) is 5.78 Å². The van der Waals surface area contributed by atoms with Crippen molar-refractivity contribution in [2.45, 2.75) is 84.9 Å². The molecule has 4 rings (SSSR count). The van der Waals surface area contributed by atoms with Gasteiger partial charge in [0.05, 0.1) is 0 Å². The number of fused-ring (bicyclic) bond motifs is 5. The van der Waals surface area contributed by atoms with E-state index in [4.69, 9.17) is 0 Å². The Morgan fingerprint density at radius 2 is 1.75 bits per heavy atom. The summed E-state index contributed by atoms with van der Waals surface area (Å²) in [7, 11) is 0. The smallest absolute Gasteiger partial charge is 0.349 e. The van der Waals surface area contributed by atoms with Gasteiger partial charge in [-0.15, -0.1) is 0 Å². The third-order valence-corrected chi connectivity index (χ3v) is 9.56. The number of amides is 1. The summed E-state index contributed by atoms with van der Waals surface area (Å²) in [6, 6.07) is 0.138. The fraction of sp³-hybridized carbons (Fsp3) is 0.800. The van der Waals surface area contributed by atoms with Gasteiger partial charge in [0.25, 0.3) is 0 Å². The standard InChI is InChI=1S/C25H34F3NO3/c1-22(2,21(32)25(26,27)28)13-18(30)17-7-6-15-14-5-8-19-24(4,12-10-20(31)29-19)16(14)9-11-23(15,17)3/h10,12,14-17,19H,5-9,11,13H2,1-4H3,(H,29,31)/t14-,15-,16-,17+,19+,23-,24+/m0/s1. The zero-order chi connectivity index (χ0) is 23.7. The summed E-state index contributed by atoms with van der Waals surface area (Å²) >= 11 is 0. The molecule has 0 saturated heterocycles. The second-order valence-electron chi connectivity index (χ2n) is 11.7. The Morgan fingerprint density at radius 1 is 1.06 bits per heavy atom. The predicted octanol–water partition coefficient (Wildman–Crippen LogP) is 5.02. The Labute approximate surface area is 187 Å². The van der Waals surface area contributed by atoms with E-state index >= 15 is 0 Å². The number of nitrogens with one attached hydrogen (secondary N) is 1. The number of carbonyl (C=O) groups is 3. The van der Waals surface area contributed by atoms with E-state index in [1.807, 2.05) is 0 Å². The molecule has 0 radical (unpaired) electrons. The minimum Gasteiger partial charge on any atom is -0.349 e. The Bertz CT molecular complexity index is 863. The highest BCUT2D eigenvalue weighted by Crippen LogP contribution is 2.65. The number of hydrogen-bond acceptors (Lipinski definition) is 3. The minimum absolute atomic E-state index is 0.0332. The van der Waals surface area contributed by atoms with Crippen LogP contribution in [0.1, 0.15) is 72.6 Å². The van der Waals surface area contributed by atoms with Crippen molar-refractivity contribution in [1.29, 1.82) is 0 Å². The van der Waals surface area contributed by atoms with Crippen molar-refractivity contribution in [3.8, 4) is 0 Å². The van der Waals surface area contributed by atoms with Crippen LogP contribution in [0.25, 0.3) is 0 Å². The first-order valence-electron chi connectivity index (χ1n) is 11.8. The second-order valence-corrected chi connectivity index (χ2v) is 11.7. The second kappa shape index (κ2) is 7.42. The lowest BCUT2D eigenvalue weighted by Gasteiger charge is -2.58. The van der Waals surface area contributed by atoms with Crippen molar-refractivity contribution in [1.82, 2.24) is 5.32 Å². The minimum atomic E-state index is -4.93. The highest BCUT2D eigenvalue weighted by Gasteiger charge is 2.61. The quantitative estimate of drug-likeness (QED) is 0.650. The summed E-state index contributed by atoms with van der Waals surface area (Å²) in [5, 5.41) is 3.13. The molecule has 0 bridgehead atoms. The van der Waals surface area contributed by atoms with E-state index in [1.165, 1.54) is 13.8 Å². The molecule has 3 saturated carbocycles. The molecule has 4 nitrogen and oxygen atoms in total. The maximum absolute atomic E-state index is 13.3. The normalized spacial score (nSPS) is 41.3. The van der Waals surface area contributed by atoms with E-state index in [9.17, 15) is 27.6 Å². The number of rotatable bonds is 4. The maximum atomic E-state index is 13.3. The van der Waals surface area contributed by atoms with Gasteiger partial charge in [-0.3, -0.25) is 14.4 Å². The van der Waals surface area contributed by atoms with Crippen LogP contribution >= 0.6 is 0 Å². The molecular formula is C25H34F3NO3. The molecule has 1 N–H and O–H groups in total. The van der Waals surface area contributed by atoms with Crippen molar-refractivity contribution < 1.29 is 27.6 Å². The van der Waals surface area contributed by atoms with Crippen LogP contribution in [0, 0.1) is 39.9 Å². The first kappa shape index (κ1) is 23.5. The first-order chi connectivity index (χ1) is 14.7. The molecule has 4 aliphatic rings. The molecule has 0 aromatic carbocycles. The number of Topliss-reactive ketones (excluding diaryl/α,β-unsaturated/α-hetero) is 2. The summed E-state index contributed by atoms with van der Waals surface area (Å²) in [4.78, 5) is 37.0. The van der Waals surface area contributed by atoms with Gasteiger partial charge in [0.2, 0.25) is 11.7 Å². The van der Waals surface area contributed by atoms with Gasteiger partial charge in [-0.05, 0) is 67.8 Å². The molecule has 178 valence electrons. The molecule has 32 heavy (non-hydrogen) atoms. The van der Waals surface area contributed by atoms with E-state index in [-0.39, 0.29) is 40.9 Å². The van der Waals surface area contributed by atoms with Crippen molar-refractivity contribution in [2.75, 3.05) is 0 Å². The Kier molecular flexibility index (Phi) is 5.45. The van der Waals surface area contributed by atoms with Gasteiger partial charge < -0.3 is 5.32 Å². The average molecular weight is 454 g/mol. The van der Waals surface area contributed by atoms with E-state index in [1.54, 1.807) is 6.08 Å². The van der Waals surface area contributed by atoms with Gasteiger partial charge >= 0.3 is 6.18 Å². The highest BCUT2D eigenvalue weighted by molar-refractivity contribution is 5.94. The number of halogens is 3. The SMILES string of the molecule is CC(C)(CC(=O)[C@H]1CC[C@H]2[C@@H]3CC[C@H]4NC(=O)C=C[C@]4(C)[C@H]3CC[C@]12C)C(=O)C(F)(F)F. The van der Waals surface area contributed by atoms with Crippen molar-refractivity contribution in [3.63, 3.8) is 0 Å². The van der Waals surface area contributed by atoms with Crippen LogP contribution in [0.3, 0.4) is 0 Å². The van der Waals surface area contributed by atoms with Gasteiger partial charge in [-0.2, -0.15) is 13.2 Å².